The second-order valence-corrected chi connectivity index (χ2v) is 8.73. The summed E-state index contributed by atoms with van der Waals surface area (Å²) in [6.07, 6.45) is 4.09. The van der Waals surface area contributed by atoms with Crippen LogP contribution in [0.3, 0.4) is 0 Å². The highest BCUT2D eigenvalue weighted by Crippen LogP contribution is 2.26. The van der Waals surface area contributed by atoms with Crippen molar-refractivity contribution in [1.82, 2.24) is 19.6 Å². The molecule has 2 aromatic heterocycles. The molecule has 0 aliphatic heterocycles. The molecule has 0 N–H and O–H groups in total. The lowest BCUT2D eigenvalue weighted by Gasteiger charge is -2.05. The molecule has 0 saturated carbocycles. The number of aromatic nitrogens is 4. The maximum Gasteiger partial charge on any atom is 0.170 e. The summed E-state index contributed by atoms with van der Waals surface area (Å²) in [5.74, 6) is 0. The van der Waals surface area contributed by atoms with Crippen molar-refractivity contribution in [1.29, 1.82) is 0 Å². The molecule has 0 atom stereocenters. The number of hydrogen-bond donors (Lipinski definition) is 0. The van der Waals surface area contributed by atoms with E-state index in [-0.39, 0.29) is 0 Å². The first-order valence-corrected chi connectivity index (χ1v) is 11.4. The van der Waals surface area contributed by atoms with E-state index in [1.165, 1.54) is 0 Å². The lowest BCUT2D eigenvalue weighted by Crippen LogP contribution is -1.99. The van der Waals surface area contributed by atoms with Crippen LogP contribution in [0.2, 0.25) is 20.1 Å². The number of ether oxygens (including phenoxy) is 1. The van der Waals surface area contributed by atoms with Gasteiger partial charge in [0.1, 0.15) is 5.69 Å². The first-order chi connectivity index (χ1) is 16.2. The summed E-state index contributed by atoms with van der Waals surface area (Å²) in [4.78, 5) is 10.6. The zero-order valence-corrected chi connectivity index (χ0v) is 21.5. The summed E-state index contributed by atoms with van der Waals surface area (Å²) in [5.41, 5.74) is 4.73. The molecular weight excluding hydrogens is 518 g/mol. The molecule has 176 valence electrons. The SMILES string of the molecule is COC=Cc1cc(C)n(-c2ccc(Cl)c(Cl)c2)n1.Cc1cc(C=O)nn1-c1ccc(Cl)c(Cl)c1. The van der Waals surface area contributed by atoms with Gasteiger partial charge in [0.25, 0.3) is 0 Å². The van der Waals surface area contributed by atoms with Crippen LogP contribution in [0.25, 0.3) is 17.5 Å². The van der Waals surface area contributed by atoms with E-state index in [9.17, 15) is 4.79 Å². The molecule has 0 bridgehead atoms. The van der Waals surface area contributed by atoms with Crippen LogP contribution in [0, 0.1) is 13.8 Å². The van der Waals surface area contributed by atoms with Crippen molar-refractivity contribution >= 4 is 58.8 Å². The lowest BCUT2D eigenvalue weighted by atomic mass is 10.3. The normalized spacial score (nSPS) is 10.8. The minimum absolute atomic E-state index is 0.392. The van der Waals surface area contributed by atoms with Crippen molar-refractivity contribution in [2.75, 3.05) is 7.11 Å². The Hall–Kier alpha value is -2.77. The monoisotopic (exact) mass is 536 g/mol. The van der Waals surface area contributed by atoms with Gasteiger partial charge in [0.05, 0.1) is 50.5 Å². The van der Waals surface area contributed by atoms with Gasteiger partial charge in [-0.25, -0.2) is 9.36 Å². The molecule has 4 rings (SSSR count). The fourth-order valence-corrected chi connectivity index (χ4v) is 3.61. The van der Waals surface area contributed by atoms with E-state index in [4.69, 9.17) is 51.1 Å². The van der Waals surface area contributed by atoms with Crippen LogP contribution in [0.5, 0.6) is 0 Å². The zero-order chi connectivity index (χ0) is 24.8. The molecule has 6 nitrogen and oxygen atoms in total. The van der Waals surface area contributed by atoms with E-state index in [1.807, 2.05) is 26.0 Å². The molecule has 0 aliphatic rings. The Balaban J connectivity index is 0.000000192. The maximum atomic E-state index is 10.6. The van der Waals surface area contributed by atoms with Crippen molar-refractivity contribution < 1.29 is 9.53 Å². The van der Waals surface area contributed by atoms with Crippen LogP contribution in [0.4, 0.5) is 0 Å². The molecule has 0 spiro atoms. The van der Waals surface area contributed by atoms with Crippen LogP contribution < -0.4 is 0 Å². The summed E-state index contributed by atoms with van der Waals surface area (Å²) in [6, 6.07) is 14.3. The summed E-state index contributed by atoms with van der Waals surface area (Å²) in [5, 5.41) is 10.5. The number of carbonyl (C=O) groups excluding carboxylic acids is 1. The number of aryl methyl sites for hydroxylation is 2. The molecule has 0 amide bonds. The number of halogens is 4. The van der Waals surface area contributed by atoms with Gasteiger partial charge in [-0.3, -0.25) is 4.79 Å². The third-order valence-corrected chi connectivity index (χ3v) is 6.08. The zero-order valence-electron chi connectivity index (χ0n) is 18.5. The van der Waals surface area contributed by atoms with Crippen molar-refractivity contribution in [3.63, 3.8) is 0 Å². The molecule has 10 heteroatoms. The number of carbonyl (C=O) groups is 1. The number of aldehydes is 1. The van der Waals surface area contributed by atoms with E-state index < -0.39 is 0 Å². The average molecular weight is 538 g/mol. The molecule has 0 aliphatic carbocycles. The Morgan fingerprint density at radius 2 is 1.21 bits per heavy atom. The van der Waals surface area contributed by atoms with Crippen molar-refractivity contribution in [3.05, 3.63) is 97.7 Å². The number of methoxy groups -OCH3 is 1. The van der Waals surface area contributed by atoms with Gasteiger partial charge in [-0.15, -0.1) is 0 Å². The van der Waals surface area contributed by atoms with Gasteiger partial charge < -0.3 is 4.74 Å². The van der Waals surface area contributed by atoms with Crippen LogP contribution in [-0.4, -0.2) is 33.0 Å². The number of rotatable bonds is 5. The standard InChI is InChI=1S/C13H12Cl2N2O.C11H8Cl2N2O/c1-9-7-10(5-6-18-2)16-17(9)11-3-4-12(14)13(15)8-11;1-7-4-8(6-16)14-15(7)9-2-3-10(12)11(13)5-9/h3-8H,1-2H3;2-6H,1H3. The molecule has 0 unspecified atom stereocenters. The van der Waals surface area contributed by atoms with Gasteiger partial charge in [-0.2, -0.15) is 10.2 Å². The predicted molar refractivity (Wildman–Crippen MR) is 138 cm³/mol. The minimum Gasteiger partial charge on any atom is -0.504 e. The smallest absolute Gasteiger partial charge is 0.170 e. The summed E-state index contributed by atoms with van der Waals surface area (Å²) >= 11 is 23.6. The second-order valence-electron chi connectivity index (χ2n) is 7.10. The Labute approximate surface area is 217 Å². The first-order valence-electron chi connectivity index (χ1n) is 9.92. The van der Waals surface area contributed by atoms with Crippen LogP contribution in [-0.2, 0) is 4.74 Å². The second kappa shape index (κ2) is 11.6. The molecule has 0 fully saturated rings. The fraction of sp³-hybridized carbons (Fsp3) is 0.125. The molecule has 2 aromatic carbocycles. The van der Waals surface area contributed by atoms with Gasteiger partial charge in [0.2, 0.25) is 0 Å². The predicted octanol–water partition coefficient (Wildman–Crippen LogP) is 7.40. The molecule has 2 heterocycles. The van der Waals surface area contributed by atoms with E-state index in [0.29, 0.717) is 32.1 Å². The molecule has 0 saturated heterocycles. The Bertz CT molecular complexity index is 1340. The Kier molecular flexibility index (Phi) is 8.80. The number of benzene rings is 2. The maximum absolute atomic E-state index is 10.6. The molecule has 4 aromatic rings. The quantitative estimate of drug-likeness (QED) is 0.196. The van der Waals surface area contributed by atoms with Crippen LogP contribution in [0.15, 0.2) is 54.8 Å². The van der Waals surface area contributed by atoms with E-state index in [0.717, 1.165) is 28.5 Å². The van der Waals surface area contributed by atoms with Crippen LogP contribution in [0.1, 0.15) is 27.6 Å². The van der Waals surface area contributed by atoms with E-state index >= 15 is 0 Å². The molecule has 34 heavy (non-hydrogen) atoms. The topological polar surface area (TPSA) is 61.9 Å². The van der Waals surface area contributed by atoms with Crippen molar-refractivity contribution in [2.45, 2.75) is 13.8 Å². The Morgan fingerprint density at radius 1 is 0.735 bits per heavy atom. The van der Waals surface area contributed by atoms with E-state index in [2.05, 4.69) is 10.2 Å². The van der Waals surface area contributed by atoms with Crippen molar-refractivity contribution in [2.24, 2.45) is 0 Å². The number of nitrogens with zero attached hydrogens (tertiary/aromatic N) is 4. The molecular formula is C24H20Cl4N4O2. The summed E-state index contributed by atoms with van der Waals surface area (Å²) in [6.45, 7) is 3.84. The van der Waals surface area contributed by atoms with Crippen LogP contribution >= 0.6 is 46.4 Å². The Morgan fingerprint density at radius 3 is 1.62 bits per heavy atom. The van der Waals surface area contributed by atoms with Gasteiger partial charge in [0.15, 0.2) is 6.29 Å². The minimum atomic E-state index is 0.392. The van der Waals surface area contributed by atoms with Gasteiger partial charge in [0, 0.05) is 17.5 Å². The van der Waals surface area contributed by atoms with Gasteiger partial charge in [-0.05, 0) is 62.4 Å². The lowest BCUT2D eigenvalue weighted by molar-refractivity contribution is 0.111. The fourth-order valence-electron chi connectivity index (χ4n) is 3.03. The first kappa shape index (κ1) is 25.8. The average Bonchev–Trinajstić information content (AvgIpc) is 3.38. The third-order valence-electron chi connectivity index (χ3n) is 4.60. The van der Waals surface area contributed by atoms with Gasteiger partial charge >= 0.3 is 0 Å². The highest BCUT2D eigenvalue weighted by molar-refractivity contribution is 6.42. The number of hydrogen-bond acceptors (Lipinski definition) is 4. The summed E-state index contributed by atoms with van der Waals surface area (Å²) < 4.78 is 8.31. The third kappa shape index (κ3) is 6.21. The highest BCUT2D eigenvalue weighted by atomic mass is 35.5. The largest absolute Gasteiger partial charge is 0.504 e. The highest BCUT2D eigenvalue weighted by Gasteiger charge is 2.08. The summed E-state index contributed by atoms with van der Waals surface area (Å²) in [7, 11) is 1.60. The van der Waals surface area contributed by atoms with Crippen molar-refractivity contribution in [3.8, 4) is 11.4 Å². The van der Waals surface area contributed by atoms with E-state index in [1.54, 1.807) is 65.2 Å². The van der Waals surface area contributed by atoms with Gasteiger partial charge in [-0.1, -0.05) is 46.4 Å². The molecule has 0 radical (unpaired) electrons.